The number of amides is 1. The summed E-state index contributed by atoms with van der Waals surface area (Å²) in [4.78, 5) is 12.1. The van der Waals surface area contributed by atoms with Crippen molar-refractivity contribution in [3.05, 3.63) is 64.7 Å². The Kier molecular flexibility index (Phi) is 4.03. The lowest BCUT2D eigenvalue weighted by atomic mass is 9.88. The second-order valence-electron chi connectivity index (χ2n) is 5.73. The summed E-state index contributed by atoms with van der Waals surface area (Å²) in [6.07, 6.45) is 0. The van der Waals surface area contributed by atoms with E-state index in [1.165, 1.54) is 5.56 Å². The molecule has 0 aliphatic rings. The highest BCUT2D eigenvalue weighted by Gasteiger charge is 2.33. The fraction of sp³-hybridized carbons (Fsp3) is 0.278. The van der Waals surface area contributed by atoms with Crippen LogP contribution in [0.15, 0.2) is 42.5 Å². The molecule has 0 fully saturated rings. The van der Waals surface area contributed by atoms with Gasteiger partial charge in [-0.05, 0) is 56.0 Å². The summed E-state index contributed by atoms with van der Waals surface area (Å²) in [6, 6.07) is 13.9. The highest BCUT2D eigenvalue weighted by Crippen LogP contribution is 2.29. The minimum absolute atomic E-state index is 0.394. The van der Waals surface area contributed by atoms with E-state index in [4.69, 9.17) is 5.73 Å². The first-order valence-electron chi connectivity index (χ1n) is 7.06. The molecule has 0 radical (unpaired) electrons. The maximum Gasteiger partial charge on any atom is 0.247 e. The third-order valence-corrected chi connectivity index (χ3v) is 4.11. The minimum Gasteiger partial charge on any atom is -0.368 e. The Morgan fingerprint density at radius 2 is 1.67 bits per heavy atom. The zero-order valence-corrected chi connectivity index (χ0v) is 13.0. The molecule has 0 saturated heterocycles. The third-order valence-electron chi connectivity index (χ3n) is 4.11. The van der Waals surface area contributed by atoms with Gasteiger partial charge in [0, 0.05) is 5.69 Å². The average Bonchev–Trinajstić information content (AvgIpc) is 2.44. The molecule has 1 unspecified atom stereocenters. The molecule has 2 aromatic rings. The molecule has 0 spiro atoms. The van der Waals surface area contributed by atoms with Crippen molar-refractivity contribution < 1.29 is 4.79 Å². The van der Waals surface area contributed by atoms with Crippen LogP contribution in [0.3, 0.4) is 0 Å². The average molecular weight is 282 g/mol. The molecule has 3 nitrogen and oxygen atoms in total. The minimum atomic E-state index is -0.940. The Balaban J connectivity index is 2.48. The van der Waals surface area contributed by atoms with Crippen LogP contribution in [0.2, 0.25) is 0 Å². The maximum absolute atomic E-state index is 12.1. The molecule has 110 valence electrons. The molecule has 0 aliphatic carbocycles. The molecule has 2 rings (SSSR count). The summed E-state index contributed by atoms with van der Waals surface area (Å²) in [5.74, 6) is -0.394. The zero-order chi connectivity index (χ0) is 15.6. The predicted molar refractivity (Wildman–Crippen MR) is 87.3 cm³/mol. The molecule has 0 bridgehead atoms. The van der Waals surface area contributed by atoms with E-state index in [1.807, 2.05) is 63.2 Å². The fourth-order valence-corrected chi connectivity index (χ4v) is 2.31. The van der Waals surface area contributed by atoms with E-state index in [2.05, 4.69) is 12.2 Å². The number of benzene rings is 2. The van der Waals surface area contributed by atoms with Crippen LogP contribution in [-0.4, -0.2) is 5.91 Å². The number of nitrogens with one attached hydrogen (secondary N) is 1. The van der Waals surface area contributed by atoms with E-state index in [0.29, 0.717) is 0 Å². The summed E-state index contributed by atoms with van der Waals surface area (Å²) < 4.78 is 0. The van der Waals surface area contributed by atoms with Crippen LogP contribution in [0, 0.1) is 20.8 Å². The van der Waals surface area contributed by atoms with Crippen LogP contribution in [-0.2, 0) is 10.3 Å². The van der Waals surface area contributed by atoms with Crippen LogP contribution < -0.4 is 11.1 Å². The number of carbonyl (C=O) groups is 1. The summed E-state index contributed by atoms with van der Waals surface area (Å²) in [7, 11) is 0. The SMILES string of the molecule is Cc1ccc(C(C)(Nc2ccccc2C)C(N)=O)cc1C. The van der Waals surface area contributed by atoms with Crippen LogP contribution in [0.5, 0.6) is 0 Å². The number of aryl methyl sites for hydroxylation is 3. The molecule has 3 N–H and O–H groups in total. The van der Waals surface area contributed by atoms with E-state index >= 15 is 0 Å². The molecular formula is C18H22N2O. The van der Waals surface area contributed by atoms with Gasteiger partial charge in [0.05, 0.1) is 0 Å². The second-order valence-corrected chi connectivity index (χ2v) is 5.73. The number of carbonyl (C=O) groups excluding carboxylic acids is 1. The number of nitrogens with two attached hydrogens (primary N) is 1. The monoisotopic (exact) mass is 282 g/mol. The van der Waals surface area contributed by atoms with Crippen molar-refractivity contribution in [2.45, 2.75) is 33.2 Å². The first-order chi connectivity index (χ1) is 9.84. The van der Waals surface area contributed by atoms with Gasteiger partial charge in [0.2, 0.25) is 5.91 Å². The van der Waals surface area contributed by atoms with Crippen LogP contribution in [0.4, 0.5) is 5.69 Å². The Bertz CT molecular complexity index is 679. The number of hydrogen-bond acceptors (Lipinski definition) is 2. The van der Waals surface area contributed by atoms with Gasteiger partial charge in [-0.15, -0.1) is 0 Å². The summed E-state index contributed by atoms with van der Waals surface area (Å²) in [5, 5.41) is 3.31. The molecule has 1 amide bonds. The number of primary amides is 1. The van der Waals surface area contributed by atoms with E-state index in [1.54, 1.807) is 0 Å². The van der Waals surface area contributed by atoms with Crippen LogP contribution >= 0.6 is 0 Å². The lowest BCUT2D eigenvalue weighted by Crippen LogP contribution is -2.45. The van der Waals surface area contributed by atoms with Crippen LogP contribution in [0.1, 0.15) is 29.2 Å². The molecule has 0 aromatic heterocycles. The third kappa shape index (κ3) is 2.92. The Labute approximate surface area is 126 Å². The predicted octanol–water partition coefficient (Wildman–Crippen LogP) is 3.42. The topological polar surface area (TPSA) is 55.1 Å². The highest BCUT2D eigenvalue weighted by atomic mass is 16.1. The molecule has 0 heterocycles. The van der Waals surface area contributed by atoms with Gasteiger partial charge in [-0.25, -0.2) is 0 Å². The standard InChI is InChI=1S/C18H22N2O/c1-12-9-10-15(11-14(12)3)18(4,17(19)21)20-16-8-6-5-7-13(16)2/h5-11,20H,1-4H3,(H2,19,21). The van der Waals surface area contributed by atoms with Crippen molar-refractivity contribution in [1.82, 2.24) is 0 Å². The summed E-state index contributed by atoms with van der Waals surface area (Å²) in [6.45, 7) is 7.92. The molecule has 0 aliphatic heterocycles. The van der Waals surface area contributed by atoms with Gasteiger partial charge < -0.3 is 11.1 Å². The zero-order valence-electron chi connectivity index (χ0n) is 13.0. The van der Waals surface area contributed by atoms with E-state index in [0.717, 1.165) is 22.4 Å². The number of para-hydroxylation sites is 1. The number of hydrogen-bond donors (Lipinski definition) is 2. The van der Waals surface area contributed by atoms with Gasteiger partial charge in [-0.1, -0.05) is 36.4 Å². The van der Waals surface area contributed by atoms with E-state index in [-0.39, 0.29) is 0 Å². The lowest BCUT2D eigenvalue weighted by Gasteiger charge is -2.30. The molecular weight excluding hydrogens is 260 g/mol. The van der Waals surface area contributed by atoms with Crippen LogP contribution in [0.25, 0.3) is 0 Å². The second kappa shape index (κ2) is 5.60. The Morgan fingerprint density at radius 3 is 2.24 bits per heavy atom. The van der Waals surface area contributed by atoms with Crippen molar-refractivity contribution in [3.8, 4) is 0 Å². The van der Waals surface area contributed by atoms with Crippen molar-refractivity contribution in [2.24, 2.45) is 5.73 Å². The molecule has 2 aromatic carbocycles. The quantitative estimate of drug-likeness (QED) is 0.902. The van der Waals surface area contributed by atoms with Crippen molar-refractivity contribution in [1.29, 1.82) is 0 Å². The van der Waals surface area contributed by atoms with Gasteiger partial charge >= 0.3 is 0 Å². The molecule has 1 atom stereocenters. The Morgan fingerprint density at radius 1 is 1.00 bits per heavy atom. The summed E-state index contributed by atoms with van der Waals surface area (Å²) >= 11 is 0. The van der Waals surface area contributed by atoms with Gasteiger partial charge in [-0.3, -0.25) is 4.79 Å². The van der Waals surface area contributed by atoms with Crippen molar-refractivity contribution in [2.75, 3.05) is 5.32 Å². The first-order valence-corrected chi connectivity index (χ1v) is 7.06. The van der Waals surface area contributed by atoms with Gasteiger partial charge in [0.25, 0.3) is 0 Å². The van der Waals surface area contributed by atoms with Gasteiger partial charge in [0.1, 0.15) is 5.54 Å². The highest BCUT2D eigenvalue weighted by molar-refractivity contribution is 5.89. The first kappa shape index (κ1) is 15.1. The molecule has 3 heteroatoms. The van der Waals surface area contributed by atoms with Gasteiger partial charge in [0.15, 0.2) is 0 Å². The normalized spacial score (nSPS) is 13.5. The van der Waals surface area contributed by atoms with E-state index < -0.39 is 11.4 Å². The number of anilines is 1. The molecule has 21 heavy (non-hydrogen) atoms. The number of rotatable bonds is 4. The fourth-order valence-electron chi connectivity index (χ4n) is 2.31. The van der Waals surface area contributed by atoms with E-state index in [9.17, 15) is 4.79 Å². The largest absolute Gasteiger partial charge is 0.368 e. The molecule has 0 saturated carbocycles. The maximum atomic E-state index is 12.1. The van der Waals surface area contributed by atoms with Gasteiger partial charge in [-0.2, -0.15) is 0 Å². The smallest absolute Gasteiger partial charge is 0.247 e. The Hall–Kier alpha value is -2.29. The lowest BCUT2D eigenvalue weighted by molar-refractivity contribution is -0.122. The van der Waals surface area contributed by atoms with Crippen molar-refractivity contribution >= 4 is 11.6 Å². The summed E-state index contributed by atoms with van der Waals surface area (Å²) in [5.41, 5.74) is 9.96. The van der Waals surface area contributed by atoms with Crippen molar-refractivity contribution in [3.63, 3.8) is 0 Å².